The second-order valence-electron chi connectivity index (χ2n) is 5.45. The van der Waals surface area contributed by atoms with Crippen molar-refractivity contribution < 1.29 is 8.42 Å². The zero-order valence-electron chi connectivity index (χ0n) is 12.8. The highest BCUT2D eigenvalue weighted by Crippen LogP contribution is 2.33. The highest BCUT2D eigenvalue weighted by Gasteiger charge is 2.30. The van der Waals surface area contributed by atoms with Crippen molar-refractivity contribution >= 4 is 45.1 Å². The Bertz CT molecular complexity index is 749. The first-order valence-corrected chi connectivity index (χ1v) is 10.4. The smallest absolute Gasteiger partial charge is 0.252 e. The van der Waals surface area contributed by atoms with E-state index < -0.39 is 10.0 Å². The van der Waals surface area contributed by atoms with E-state index >= 15 is 0 Å². The van der Waals surface area contributed by atoms with Crippen LogP contribution in [0.1, 0.15) is 17.8 Å². The molecule has 0 unspecified atom stereocenters. The maximum Gasteiger partial charge on any atom is 0.252 e. The van der Waals surface area contributed by atoms with E-state index in [9.17, 15) is 8.42 Å². The minimum atomic E-state index is -3.39. The first kappa shape index (κ1) is 18.8. The highest BCUT2D eigenvalue weighted by molar-refractivity contribution is 7.91. The van der Waals surface area contributed by atoms with Gasteiger partial charge in [-0.25, -0.2) is 13.4 Å². The summed E-state index contributed by atoms with van der Waals surface area (Å²) in [6.45, 7) is 3.71. The molecule has 0 bridgehead atoms. The Balaban J connectivity index is 0.00000192. The molecule has 23 heavy (non-hydrogen) atoms. The van der Waals surface area contributed by atoms with E-state index in [1.54, 1.807) is 21.7 Å². The molecule has 0 aliphatic carbocycles. The van der Waals surface area contributed by atoms with Crippen LogP contribution in [0.3, 0.4) is 0 Å². The number of aromatic nitrogens is 1. The molecule has 2 N–H and O–H groups in total. The number of hydrogen-bond donors (Lipinski definition) is 1. The average molecular weight is 394 g/mol. The molecule has 9 heteroatoms. The van der Waals surface area contributed by atoms with Crippen LogP contribution in [0.2, 0.25) is 0 Å². The molecule has 0 radical (unpaired) electrons. The second-order valence-corrected chi connectivity index (χ2v) is 9.76. The summed E-state index contributed by atoms with van der Waals surface area (Å²) in [5.41, 5.74) is 6.52. The molecular formula is C14H20ClN3O2S3. The molecule has 1 saturated heterocycles. The van der Waals surface area contributed by atoms with Gasteiger partial charge in [0, 0.05) is 18.5 Å². The van der Waals surface area contributed by atoms with Crippen LogP contribution in [0.15, 0.2) is 21.7 Å². The van der Waals surface area contributed by atoms with E-state index in [1.807, 2.05) is 18.4 Å². The Morgan fingerprint density at radius 3 is 2.61 bits per heavy atom. The van der Waals surface area contributed by atoms with E-state index in [-0.39, 0.29) is 12.4 Å². The van der Waals surface area contributed by atoms with Crippen LogP contribution in [0.5, 0.6) is 0 Å². The molecule has 128 valence electrons. The Hall–Kier alpha value is -0.510. The maximum atomic E-state index is 12.7. The average Bonchev–Trinajstić information content (AvgIpc) is 3.16. The molecule has 0 amide bonds. The summed E-state index contributed by atoms with van der Waals surface area (Å²) < 4.78 is 27.4. The molecule has 0 atom stereocenters. The van der Waals surface area contributed by atoms with Crippen LogP contribution in [0, 0.1) is 12.8 Å². The molecular weight excluding hydrogens is 374 g/mol. The van der Waals surface area contributed by atoms with E-state index in [4.69, 9.17) is 5.73 Å². The van der Waals surface area contributed by atoms with Gasteiger partial charge in [-0.2, -0.15) is 4.31 Å². The van der Waals surface area contributed by atoms with Gasteiger partial charge in [-0.15, -0.1) is 35.1 Å². The predicted molar refractivity (Wildman–Crippen MR) is 97.9 cm³/mol. The number of hydrogen-bond acceptors (Lipinski definition) is 6. The lowest BCUT2D eigenvalue weighted by molar-refractivity contribution is 0.279. The van der Waals surface area contributed by atoms with Gasteiger partial charge in [0.05, 0.1) is 15.6 Å². The Kier molecular flexibility index (Phi) is 6.21. The van der Waals surface area contributed by atoms with E-state index in [0.29, 0.717) is 29.8 Å². The summed E-state index contributed by atoms with van der Waals surface area (Å²) in [5.74, 6) is 0.448. The number of thiophene rings is 1. The van der Waals surface area contributed by atoms with Crippen LogP contribution in [-0.4, -0.2) is 37.3 Å². The van der Waals surface area contributed by atoms with E-state index in [0.717, 1.165) is 28.4 Å². The van der Waals surface area contributed by atoms with Crippen molar-refractivity contribution in [1.29, 1.82) is 0 Å². The largest absolute Gasteiger partial charge is 0.330 e. The van der Waals surface area contributed by atoms with Crippen molar-refractivity contribution in [1.82, 2.24) is 9.29 Å². The first-order chi connectivity index (χ1) is 10.5. The van der Waals surface area contributed by atoms with E-state index in [1.165, 1.54) is 11.3 Å². The number of piperidine rings is 1. The van der Waals surface area contributed by atoms with Crippen molar-refractivity contribution in [2.75, 3.05) is 19.6 Å². The monoisotopic (exact) mass is 393 g/mol. The lowest BCUT2D eigenvalue weighted by Crippen LogP contribution is -2.39. The van der Waals surface area contributed by atoms with Crippen LogP contribution >= 0.6 is 35.1 Å². The van der Waals surface area contributed by atoms with Crippen molar-refractivity contribution in [2.45, 2.75) is 24.0 Å². The lowest BCUT2D eigenvalue weighted by Gasteiger charge is -2.30. The molecule has 1 aliphatic heterocycles. The second kappa shape index (κ2) is 7.58. The molecule has 5 nitrogen and oxygen atoms in total. The molecule has 3 heterocycles. The van der Waals surface area contributed by atoms with Gasteiger partial charge in [-0.1, -0.05) is 0 Å². The SMILES string of the molecule is Cc1nc(-c2ccc(S(=O)(=O)N3CCC(CN)CC3)s2)cs1.Cl. The van der Waals surface area contributed by atoms with Crippen molar-refractivity contribution in [3.63, 3.8) is 0 Å². The molecule has 1 aliphatic rings. The van der Waals surface area contributed by atoms with Gasteiger partial charge in [0.2, 0.25) is 0 Å². The molecule has 0 saturated carbocycles. The lowest BCUT2D eigenvalue weighted by atomic mass is 9.99. The topological polar surface area (TPSA) is 76.3 Å². The summed E-state index contributed by atoms with van der Waals surface area (Å²) in [7, 11) is -3.39. The fourth-order valence-corrected chi connectivity index (χ4v) is 6.16. The number of nitrogens with two attached hydrogens (primary N) is 1. The Morgan fingerprint density at radius 2 is 2.04 bits per heavy atom. The molecule has 2 aromatic heterocycles. The van der Waals surface area contributed by atoms with Crippen molar-refractivity contribution in [2.24, 2.45) is 11.7 Å². The summed E-state index contributed by atoms with van der Waals surface area (Å²) in [4.78, 5) is 5.32. The fraction of sp³-hybridized carbons (Fsp3) is 0.500. The van der Waals surface area contributed by atoms with Gasteiger partial charge in [-0.3, -0.25) is 0 Å². The Morgan fingerprint density at radius 1 is 1.35 bits per heavy atom. The zero-order valence-corrected chi connectivity index (χ0v) is 16.0. The van der Waals surface area contributed by atoms with Crippen LogP contribution in [0.4, 0.5) is 0 Å². The number of nitrogens with zero attached hydrogens (tertiary/aromatic N) is 2. The minimum Gasteiger partial charge on any atom is -0.330 e. The molecule has 0 spiro atoms. The van der Waals surface area contributed by atoms with Gasteiger partial charge in [-0.05, 0) is 44.4 Å². The highest BCUT2D eigenvalue weighted by atomic mass is 35.5. The number of aryl methyl sites for hydroxylation is 1. The summed E-state index contributed by atoms with van der Waals surface area (Å²) in [6.07, 6.45) is 1.69. The quantitative estimate of drug-likeness (QED) is 0.866. The zero-order chi connectivity index (χ0) is 15.7. The summed E-state index contributed by atoms with van der Waals surface area (Å²) in [6, 6.07) is 3.54. The number of halogens is 1. The molecule has 2 aromatic rings. The normalized spacial score (nSPS) is 17.1. The first-order valence-electron chi connectivity index (χ1n) is 7.23. The van der Waals surface area contributed by atoms with E-state index in [2.05, 4.69) is 4.98 Å². The standard InChI is InChI=1S/C14H19N3O2S3.ClH/c1-10-16-12(9-20-10)13-2-3-14(21-13)22(18,19)17-6-4-11(8-15)5-7-17;/h2-3,9,11H,4-8,15H2,1H3;1H. The number of rotatable bonds is 4. The van der Waals surface area contributed by atoms with Gasteiger partial charge < -0.3 is 5.73 Å². The van der Waals surface area contributed by atoms with Crippen molar-refractivity contribution in [3.8, 4) is 10.6 Å². The Labute approximate surface area is 151 Å². The van der Waals surface area contributed by atoms with Gasteiger partial charge in [0.1, 0.15) is 4.21 Å². The molecule has 1 fully saturated rings. The van der Waals surface area contributed by atoms with Crippen molar-refractivity contribution in [3.05, 3.63) is 22.5 Å². The third-order valence-electron chi connectivity index (χ3n) is 3.95. The number of thiazole rings is 1. The minimum absolute atomic E-state index is 0. The van der Waals surface area contributed by atoms with Gasteiger partial charge >= 0.3 is 0 Å². The van der Waals surface area contributed by atoms with Gasteiger partial charge in [0.25, 0.3) is 10.0 Å². The number of sulfonamides is 1. The molecule has 0 aromatic carbocycles. The fourth-order valence-electron chi connectivity index (χ4n) is 2.59. The van der Waals surface area contributed by atoms with Gasteiger partial charge in [0.15, 0.2) is 0 Å². The van der Waals surface area contributed by atoms with Crippen LogP contribution in [0.25, 0.3) is 10.6 Å². The summed E-state index contributed by atoms with van der Waals surface area (Å²) in [5, 5.41) is 2.95. The maximum absolute atomic E-state index is 12.7. The van der Waals surface area contributed by atoms with Crippen LogP contribution in [-0.2, 0) is 10.0 Å². The molecule has 3 rings (SSSR count). The van der Waals surface area contributed by atoms with Crippen LogP contribution < -0.4 is 5.73 Å². The summed E-state index contributed by atoms with van der Waals surface area (Å²) >= 11 is 2.87. The predicted octanol–water partition coefficient (Wildman–Crippen LogP) is 2.96. The third kappa shape index (κ3) is 3.94. The third-order valence-corrected chi connectivity index (χ3v) is 8.20.